The number of ether oxygens (including phenoxy) is 1. The molecule has 0 aliphatic heterocycles. The molecule has 0 aliphatic rings. The van der Waals surface area contributed by atoms with Crippen molar-refractivity contribution in [2.24, 2.45) is 0 Å². The fourth-order valence-corrected chi connectivity index (χ4v) is 4.34. The van der Waals surface area contributed by atoms with Crippen LogP contribution in [0.1, 0.15) is 19.4 Å². The Bertz CT molecular complexity index is 1440. The fraction of sp³-hybridized carbons (Fsp3) is 0.154. The number of nitriles is 1. The van der Waals surface area contributed by atoms with E-state index in [2.05, 4.69) is 11.4 Å². The van der Waals surface area contributed by atoms with Gasteiger partial charge in [0.25, 0.3) is 5.56 Å². The van der Waals surface area contributed by atoms with Crippen molar-refractivity contribution in [3.8, 4) is 17.5 Å². The van der Waals surface area contributed by atoms with Gasteiger partial charge < -0.3 is 10.1 Å². The molecular weight excluding hydrogens is 448 g/mol. The second kappa shape index (κ2) is 10.2. The zero-order chi connectivity index (χ0) is 24.1. The number of hydrogen-bond acceptors (Lipinski definition) is 6. The van der Waals surface area contributed by atoms with Crippen LogP contribution >= 0.6 is 11.8 Å². The molecule has 4 rings (SSSR count). The van der Waals surface area contributed by atoms with Gasteiger partial charge in [-0.3, -0.25) is 14.2 Å². The summed E-state index contributed by atoms with van der Waals surface area (Å²) in [6, 6.07) is 23.2. The van der Waals surface area contributed by atoms with Gasteiger partial charge in [0, 0.05) is 0 Å². The van der Waals surface area contributed by atoms with Crippen LogP contribution in [0, 0.1) is 11.3 Å². The molecule has 0 fully saturated rings. The van der Waals surface area contributed by atoms with Crippen molar-refractivity contribution in [1.82, 2.24) is 9.55 Å². The van der Waals surface area contributed by atoms with Crippen LogP contribution < -0.4 is 15.6 Å². The number of nitrogens with one attached hydrogen (secondary N) is 1. The number of rotatable bonds is 7. The maximum absolute atomic E-state index is 13.4. The molecule has 4 aromatic rings. The van der Waals surface area contributed by atoms with Gasteiger partial charge >= 0.3 is 0 Å². The van der Waals surface area contributed by atoms with Crippen LogP contribution in [0.5, 0.6) is 5.75 Å². The molecule has 7 nitrogen and oxygen atoms in total. The molecule has 0 unspecified atom stereocenters. The zero-order valence-corrected chi connectivity index (χ0v) is 19.5. The van der Waals surface area contributed by atoms with Crippen LogP contribution in [0.15, 0.2) is 82.7 Å². The van der Waals surface area contributed by atoms with Gasteiger partial charge in [0.05, 0.1) is 39.7 Å². The van der Waals surface area contributed by atoms with Crippen LogP contribution in [0.4, 0.5) is 5.69 Å². The Hall–Kier alpha value is -4.09. The van der Waals surface area contributed by atoms with Crippen molar-refractivity contribution in [2.75, 3.05) is 11.9 Å². The summed E-state index contributed by atoms with van der Waals surface area (Å²) in [6.45, 7) is 4.18. The number of thioether (sulfide) groups is 1. The molecule has 0 bridgehead atoms. The highest BCUT2D eigenvalue weighted by Crippen LogP contribution is 2.27. The first kappa shape index (κ1) is 23.1. The molecular formula is C26H22N4O3S. The normalized spacial score (nSPS) is 11.6. The first-order valence-corrected chi connectivity index (χ1v) is 11.6. The molecule has 0 radical (unpaired) electrons. The van der Waals surface area contributed by atoms with E-state index in [1.165, 1.54) is 16.3 Å². The second-order valence-corrected chi connectivity index (χ2v) is 8.69. The number of para-hydroxylation sites is 2. The van der Waals surface area contributed by atoms with Crippen LogP contribution in [0.2, 0.25) is 0 Å². The highest BCUT2D eigenvalue weighted by atomic mass is 32.2. The van der Waals surface area contributed by atoms with Gasteiger partial charge in [-0.1, -0.05) is 36.0 Å². The number of anilines is 1. The number of benzene rings is 3. The Balaban J connectivity index is 1.71. The van der Waals surface area contributed by atoms with Gasteiger partial charge in [-0.05, 0) is 62.4 Å². The molecule has 0 saturated carbocycles. The maximum atomic E-state index is 13.4. The Morgan fingerprint density at radius 1 is 1.12 bits per heavy atom. The summed E-state index contributed by atoms with van der Waals surface area (Å²) in [5.74, 6) is 0.402. The van der Waals surface area contributed by atoms with E-state index in [-0.39, 0.29) is 11.5 Å². The van der Waals surface area contributed by atoms with Crippen LogP contribution in [0.25, 0.3) is 16.6 Å². The molecule has 8 heteroatoms. The predicted octanol–water partition coefficient (Wildman–Crippen LogP) is 4.78. The van der Waals surface area contributed by atoms with E-state index in [9.17, 15) is 14.9 Å². The van der Waals surface area contributed by atoms with Crippen molar-refractivity contribution in [3.63, 3.8) is 0 Å². The number of fused-ring (bicyclic) bond motifs is 1. The number of nitrogens with zero attached hydrogens (tertiary/aromatic N) is 3. The lowest BCUT2D eigenvalue weighted by molar-refractivity contribution is -0.115. The van der Waals surface area contributed by atoms with Crippen LogP contribution in [0.3, 0.4) is 0 Å². The minimum Gasteiger partial charge on any atom is -0.494 e. The monoisotopic (exact) mass is 470 g/mol. The Morgan fingerprint density at radius 3 is 2.56 bits per heavy atom. The molecule has 1 amide bonds. The average Bonchev–Trinajstić information content (AvgIpc) is 2.85. The van der Waals surface area contributed by atoms with E-state index in [1.54, 1.807) is 73.7 Å². The molecule has 0 saturated heterocycles. The summed E-state index contributed by atoms with van der Waals surface area (Å²) < 4.78 is 7.02. The van der Waals surface area contributed by atoms with Gasteiger partial charge in [0.15, 0.2) is 5.16 Å². The average molecular weight is 471 g/mol. The zero-order valence-electron chi connectivity index (χ0n) is 18.7. The van der Waals surface area contributed by atoms with Gasteiger partial charge in [-0.25, -0.2) is 4.98 Å². The predicted molar refractivity (Wildman–Crippen MR) is 134 cm³/mol. The molecule has 0 aliphatic carbocycles. The Kier molecular flexibility index (Phi) is 6.95. The van der Waals surface area contributed by atoms with Gasteiger partial charge in [0.2, 0.25) is 5.91 Å². The summed E-state index contributed by atoms with van der Waals surface area (Å²) in [7, 11) is 0. The number of carbonyl (C=O) groups is 1. The first-order valence-electron chi connectivity index (χ1n) is 10.7. The van der Waals surface area contributed by atoms with E-state index in [0.717, 1.165) is 0 Å². The molecule has 34 heavy (non-hydrogen) atoms. The lowest BCUT2D eigenvalue weighted by atomic mass is 10.2. The highest BCUT2D eigenvalue weighted by Gasteiger charge is 2.21. The van der Waals surface area contributed by atoms with Crippen molar-refractivity contribution >= 4 is 34.3 Å². The van der Waals surface area contributed by atoms with Gasteiger partial charge in [-0.2, -0.15) is 5.26 Å². The highest BCUT2D eigenvalue weighted by molar-refractivity contribution is 8.00. The van der Waals surface area contributed by atoms with E-state index < -0.39 is 5.25 Å². The van der Waals surface area contributed by atoms with Crippen LogP contribution in [-0.4, -0.2) is 27.3 Å². The third kappa shape index (κ3) is 4.80. The number of amides is 1. The molecule has 170 valence electrons. The third-order valence-corrected chi connectivity index (χ3v) is 6.16. The second-order valence-electron chi connectivity index (χ2n) is 7.39. The third-order valence-electron chi connectivity index (χ3n) is 5.11. The number of aromatic nitrogens is 2. The van der Waals surface area contributed by atoms with Crippen molar-refractivity contribution in [1.29, 1.82) is 5.26 Å². The summed E-state index contributed by atoms with van der Waals surface area (Å²) in [4.78, 5) is 31.0. The maximum Gasteiger partial charge on any atom is 0.266 e. The van der Waals surface area contributed by atoms with Gasteiger partial charge in [0.1, 0.15) is 11.8 Å². The largest absolute Gasteiger partial charge is 0.494 e. The SMILES string of the molecule is CCOc1ccc(-n2c(S[C@@H](C)C(=O)Nc3ccccc3C#N)nc3ccccc3c2=O)cc1. The molecule has 3 aromatic carbocycles. The number of hydrogen-bond donors (Lipinski definition) is 1. The summed E-state index contributed by atoms with van der Waals surface area (Å²) >= 11 is 1.17. The van der Waals surface area contributed by atoms with Crippen LogP contribution in [-0.2, 0) is 4.79 Å². The molecule has 1 N–H and O–H groups in total. The summed E-state index contributed by atoms with van der Waals surface area (Å²) in [5.41, 5.74) is 1.77. The van der Waals surface area contributed by atoms with E-state index in [0.29, 0.717) is 45.4 Å². The first-order chi connectivity index (χ1) is 16.5. The van der Waals surface area contributed by atoms with E-state index in [1.807, 2.05) is 13.0 Å². The topological polar surface area (TPSA) is 97.0 Å². The van der Waals surface area contributed by atoms with Crippen molar-refractivity contribution in [2.45, 2.75) is 24.3 Å². The lowest BCUT2D eigenvalue weighted by Gasteiger charge is -2.17. The minimum atomic E-state index is -0.589. The smallest absolute Gasteiger partial charge is 0.266 e. The van der Waals surface area contributed by atoms with Crippen molar-refractivity contribution < 1.29 is 9.53 Å². The van der Waals surface area contributed by atoms with Gasteiger partial charge in [-0.15, -0.1) is 0 Å². The van der Waals surface area contributed by atoms with E-state index in [4.69, 9.17) is 9.72 Å². The van der Waals surface area contributed by atoms with E-state index >= 15 is 0 Å². The molecule has 1 aromatic heterocycles. The summed E-state index contributed by atoms with van der Waals surface area (Å²) in [6.07, 6.45) is 0. The lowest BCUT2D eigenvalue weighted by Crippen LogP contribution is -2.26. The standard InChI is InChI=1S/C26H22N4O3S/c1-3-33-20-14-12-19(13-15-20)30-25(32)21-9-5-7-11-23(21)29-26(30)34-17(2)24(31)28-22-10-6-4-8-18(22)16-27/h4-15,17H,3H2,1-2H3,(H,28,31)/t17-/m0/s1. The molecule has 1 atom stereocenters. The number of carbonyl (C=O) groups excluding carboxylic acids is 1. The quantitative estimate of drug-likeness (QED) is 0.309. The molecule has 1 heterocycles. The fourth-order valence-electron chi connectivity index (χ4n) is 3.41. The Labute approximate surface area is 201 Å². The minimum absolute atomic E-state index is 0.223. The Morgan fingerprint density at radius 2 is 1.82 bits per heavy atom. The summed E-state index contributed by atoms with van der Waals surface area (Å²) in [5, 5.41) is 12.4. The van der Waals surface area contributed by atoms with Crippen molar-refractivity contribution in [3.05, 3.63) is 88.7 Å². The molecule has 0 spiro atoms.